The summed E-state index contributed by atoms with van der Waals surface area (Å²) >= 11 is 0. The van der Waals surface area contributed by atoms with Gasteiger partial charge in [-0.25, -0.2) is 4.99 Å². The average molecular weight is 304 g/mol. The molecular formula is C16H28N6. The number of piperidine rings is 1. The van der Waals surface area contributed by atoms with E-state index in [1.54, 1.807) is 0 Å². The van der Waals surface area contributed by atoms with E-state index in [4.69, 9.17) is 4.99 Å². The van der Waals surface area contributed by atoms with E-state index < -0.39 is 0 Å². The molecule has 1 N–H and O–H groups in total. The fourth-order valence-corrected chi connectivity index (χ4v) is 3.22. The third-order valence-electron chi connectivity index (χ3n) is 4.63. The summed E-state index contributed by atoms with van der Waals surface area (Å²) < 4.78 is 2.01. The van der Waals surface area contributed by atoms with Crippen LogP contribution in [-0.2, 0) is 13.6 Å². The molecule has 1 aromatic heterocycles. The zero-order chi connectivity index (χ0) is 15.7. The van der Waals surface area contributed by atoms with Crippen LogP contribution in [0.5, 0.6) is 0 Å². The van der Waals surface area contributed by atoms with Crippen LogP contribution in [0.1, 0.15) is 44.8 Å². The summed E-state index contributed by atoms with van der Waals surface area (Å²) in [7, 11) is 2.00. The predicted molar refractivity (Wildman–Crippen MR) is 87.6 cm³/mol. The van der Waals surface area contributed by atoms with Crippen molar-refractivity contribution < 1.29 is 0 Å². The average Bonchev–Trinajstić information content (AvgIpc) is 3.22. The molecule has 122 valence electrons. The van der Waals surface area contributed by atoms with E-state index in [0.29, 0.717) is 12.6 Å². The number of aliphatic imine (C=N–C) groups is 1. The van der Waals surface area contributed by atoms with E-state index in [1.165, 1.54) is 19.3 Å². The molecule has 3 rings (SSSR count). The van der Waals surface area contributed by atoms with Gasteiger partial charge in [-0.1, -0.05) is 13.8 Å². The molecule has 2 heterocycles. The Morgan fingerprint density at radius 3 is 2.45 bits per heavy atom. The summed E-state index contributed by atoms with van der Waals surface area (Å²) in [4.78, 5) is 7.28. The van der Waals surface area contributed by atoms with E-state index in [0.717, 1.165) is 42.5 Å². The van der Waals surface area contributed by atoms with Crippen molar-refractivity contribution in [3.8, 4) is 0 Å². The van der Waals surface area contributed by atoms with Gasteiger partial charge in [0.1, 0.15) is 12.4 Å². The zero-order valence-corrected chi connectivity index (χ0v) is 14.2. The molecule has 0 aromatic carbocycles. The maximum atomic E-state index is 4.85. The van der Waals surface area contributed by atoms with Crippen molar-refractivity contribution >= 4 is 5.96 Å². The van der Waals surface area contributed by atoms with Crippen LogP contribution in [0.4, 0.5) is 0 Å². The number of rotatable bonds is 3. The molecule has 0 bridgehead atoms. The number of nitrogens with zero attached hydrogens (tertiary/aromatic N) is 5. The third-order valence-corrected chi connectivity index (χ3v) is 4.63. The number of guanidine groups is 1. The molecule has 0 radical (unpaired) electrons. The normalized spacial score (nSPS) is 26.4. The molecule has 22 heavy (non-hydrogen) atoms. The van der Waals surface area contributed by atoms with Crippen molar-refractivity contribution in [3.63, 3.8) is 0 Å². The van der Waals surface area contributed by atoms with Crippen LogP contribution in [0, 0.1) is 18.8 Å². The topological polar surface area (TPSA) is 58.3 Å². The summed E-state index contributed by atoms with van der Waals surface area (Å²) in [5.74, 6) is 4.37. The number of nitrogens with one attached hydrogen (secondary N) is 1. The smallest absolute Gasteiger partial charge is 0.194 e. The molecule has 6 heteroatoms. The summed E-state index contributed by atoms with van der Waals surface area (Å²) in [6, 6.07) is 0.618. The van der Waals surface area contributed by atoms with Gasteiger partial charge in [0.15, 0.2) is 11.8 Å². The van der Waals surface area contributed by atoms with Crippen LogP contribution in [0.15, 0.2) is 4.99 Å². The van der Waals surface area contributed by atoms with Gasteiger partial charge in [0, 0.05) is 26.2 Å². The highest BCUT2D eigenvalue weighted by Crippen LogP contribution is 2.23. The van der Waals surface area contributed by atoms with Gasteiger partial charge in [0.25, 0.3) is 0 Å². The van der Waals surface area contributed by atoms with E-state index in [2.05, 4.69) is 34.3 Å². The minimum Gasteiger partial charge on any atom is -0.353 e. The maximum Gasteiger partial charge on any atom is 0.194 e. The first-order valence-electron chi connectivity index (χ1n) is 8.43. The van der Waals surface area contributed by atoms with Crippen molar-refractivity contribution in [2.24, 2.45) is 23.9 Å². The number of likely N-dealkylation sites (tertiary alicyclic amines) is 1. The Morgan fingerprint density at radius 2 is 1.91 bits per heavy atom. The quantitative estimate of drug-likeness (QED) is 0.682. The van der Waals surface area contributed by atoms with Gasteiger partial charge in [-0.2, -0.15) is 0 Å². The first-order chi connectivity index (χ1) is 10.5. The lowest BCUT2D eigenvalue weighted by molar-refractivity contribution is 0.208. The van der Waals surface area contributed by atoms with E-state index in [9.17, 15) is 0 Å². The van der Waals surface area contributed by atoms with Crippen molar-refractivity contribution in [2.45, 2.75) is 52.6 Å². The van der Waals surface area contributed by atoms with Gasteiger partial charge in [0.2, 0.25) is 0 Å². The molecule has 1 aliphatic carbocycles. The van der Waals surface area contributed by atoms with Crippen molar-refractivity contribution in [2.75, 3.05) is 13.1 Å². The summed E-state index contributed by atoms with van der Waals surface area (Å²) in [5, 5.41) is 11.9. The minimum absolute atomic E-state index is 0.589. The predicted octanol–water partition coefficient (Wildman–Crippen LogP) is 1.71. The maximum absolute atomic E-state index is 4.85. The molecule has 2 atom stereocenters. The zero-order valence-electron chi connectivity index (χ0n) is 14.2. The molecule has 0 amide bonds. The monoisotopic (exact) mass is 304 g/mol. The lowest BCUT2D eigenvalue weighted by Crippen LogP contribution is -2.49. The summed E-state index contributed by atoms with van der Waals surface area (Å²) in [6.07, 6.45) is 3.85. The van der Waals surface area contributed by atoms with Gasteiger partial charge in [0.05, 0.1) is 0 Å². The highest BCUT2D eigenvalue weighted by Gasteiger charge is 2.28. The van der Waals surface area contributed by atoms with Crippen molar-refractivity contribution in [3.05, 3.63) is 11.6 Å². The van der Waals surface area contributed by atoms with E-state index >= 15 is 0 Å². The Morgan fingerprint density at radius 1 is 1.23 bits per heavy atom. The fraction of sp³-hybridized carbons (Fsp3) is 0.812. The number of aromatic nitrogens is 3. The molecule has 2 fully saturated rings. The molecule has 2 aliphatic rings. The third kappa shape index (κ3) is 3.59. The Labute approximate surface area is 133 Å². The van der Waals surface area contributed by atoms with Gasteiger partial charge in [-0.3, -0.25) is 0 Å². The number of aryl methyl sites for hydroxylation is 1. The molecule has 1 aliphatic heterocycles. The van der Waals surface area contributed by atoms with Gasteiger partial charge in [-0.05, 0) is 38.0 Å². The van der Waals surface area contributed by atoms with Gasteiger partial charge < -0.3 is 14.8 Å². The lowest BCUT2D eigenvalue weighted by atomic mass is 9.92. The number of hydrogen-bond acceptors (Lipinski definition) is 3. The highest BCUT2D eigenvalue weighted by molar-refractivity contribution is 5.80. The second kappa shape index (κ2) is 6.26. The molecule has 6 nitrogen and oxygen atoms in total. The van der Waals surface area contributed by atoms with Crippen molar-refractivity contribution in [1.82, 2.24) is 25.0 Å². The Balaban J connectivity index is 1.73. The molecule has 1 saturated carbocycles. The van der Waals surface area contributed by atoms with Crippen LogP contribution < -0.4 is 5.32 Å². The second-order valence-electron chi connectivity index (χ2n) is 7.13. The van der Waals surface area contributed by atoms with Crippen LogP contribution >= 0.6 is 0 Å². The van der Waals surface area contributed by atoms with Crippen LogP contribution in [0.25, 0.3) is 0 Å². The molecule has 1 saturated heterocycles. The highest BCUT2D eigenvalue weighted by atomic mass is 15.3. The first-order valence-corrected chi connectivity index (χ1v) is 8.43. The van der Waals surface area contributed by atoms with E-state index in [1.807, 2.05) is 18.5 Å². The van der Waals surface area contributed by atoms with Crippen molar-refractivity contribution in [1.29, 1.82) is 0 Å². The minimum atomic E-state index is 0.589. The largest absolute Gasteiger partial charge is 0.353 e. The SMILES string of the molecule is Cc1nnc(CN=C(NC2CC2)N2CC(C)CC(C)C2)n1C. The Hall–Kier alpha value is -1.59. The molecule has 1 aromatic rings. The lowest BCUT2D eigenvalue weighted by Gasteiger charge is -2.37. The van der Waals surface area contributed by atoms with Crippen LogP contribution in [0.2, 0.25) is 0 Å². The molecule has 0 spiro atoms. The van der Waals surface area contributed by atoms with Gasteiger partial charge in [-0.15, -0.1) is 10.2 Å². The van der Waals surface area contributed by atoms with E-state index in [-0.39, 0.29) is 0 Å². The second-order valence-corrected chi connectivity index (χ2v) is 7.13. The fourth-order valence-electron chi connectivity index (χ4n) is 3.22. The Kier molecular flexibility index (Phi) is 4.36. The standard InChI is InChI=1S/C16H28N6/c1-11-7-12(2)10-22(9-11)16(18-14-5-6-14)17-8-15-20-19-13(3)21(15)4/h11-12,14H,5-10H2,1-4H3,(H,17,18). The van der Waals surface area contributed by atoms with Crippen LogP contribution in [-0.4, -0.2) is 44.8 Å². The Bertz CT molecular complexity index is 535. The molecule has 2 unspecified atom stereocenters. The summed E-state index contributed by atoms with van der Waals surface area (Å²) in [5.41, 5.74) is 0. The van der Waals surface area contributed by atoms with Crippen LogP contribution in [0.3, 0.4) is 0 Å². The van der Waals surface area contributed by atoms with Gasteiger partial charge >= 0.3 is 0 Å². The first kappa shape index (κ1) is 15.3. The number of hydrogen-bond donors (Lipinski definition) is 1. The molecular weight excluding hydrogens is 276 g/mol. The summed E-state index contributed by atoms with van der Waals surface area (Å²) in [6.45, 7) is 9.43.